The van der Waals surface area contributed by atoms with Gasteiger partial charge in [-0.05, 0) is 35.9 Å². The number of aliphatic hydroxyl groups excluding tert-OH is 1. The number of hydrogen-bond acceptors (Lipinski definition) is 4. The summed E-state index contributed by atoms with van der Waals surface area (Å²) in [5, 5.41) is 9.11. The van der Waals surface area contributed by atoms with Crippen molar-refractivity contribution in [2.24, 2.45) is 0 Å². The van der Waals surface area contributed by atoms with E-state index >= 15 is 0 Å². The maximum Gasteiger partial charge on any atom is 0.262 e. The first-order valence-electron chi connectivity index (χ1n) is 6.02. The van der Waals surface area contributed by atoms with Crippen molar-refractivity contribution < 1.29 is 22.7 Å². The number of ether oxygens (including phenoxy) is 1. The van der Waals surface area contributed by atoms with Gasteiger partial charge in [0.15, 0.2) is 0 Å². The van der Waals surface area contributed by atoms with E-state index < -0.39 is 15.8 Å². The summed E-state index contributed by atoms with van der Waals surface area (Å²) in [6.45, 7) is -0.237. The number of hydrogen-bond donors (Lipinski definition) is 2. The SMILES string of the molecule is COc1ccc(CO)cc1NS(=O)(=O)c1cccc(F)c1. The summed E-state index contributed by atoms with van der Waals surface area (Å²) in [5.74, 6) is -0.346. The molecule has 21 heavy (non-hydrogen) atoms. The second-order valence-corrected chi connectivity index (χ2v) is 5.94. The molecular formula is C14H14FNO4S. The zero-order valence-electron chi connectivity index (χ0n) is 11.2. The molecule has 2 aromatic rings. The lowest BCUT2D eigenvalue weighted by Gasteiger charge is -2.13. The van der Waals surface area contributed by atoms with Gasteiger partial charge in [-0.1, -0.05) is 12.1 Å². The highest BCUT2D eigenvalue weighted by Crippen LogP contribution is 2.28. The fourth-order valence-electron chi connectivity index (χ4n) is 1.77. The molecule has 0 aliphatic heterocycles. The van der Waals surface area contributed by atoms with Crippen LogP contribution in [0.1, 0.15) is 5.56 Å². The van der Waals surface area contributed by atoms with Gasteiger partial charge in [0, 0.05) is 0 Å². The van der Waals surface area contributed by atoms with Crippen molar-refractivity contribution >= 4 is 15.7 Å². The number of nitrogens with one attached hydrogen (secondary N) is 1. The van der Waals surface area contributed by atoms with Crippen LogP contribution in [0, 0.1) is 5.82 Å². The molecule has 7 heteroatoms. The fraction of sp³-hybridized carbons (Fsp3) is 0.143. The van der Waals surface area contributed by atoms with Gasteiger partial charge in [-0.2, -0.15) is 0 Å². The molecule has 0 aromatic heterocycles. The molecule has 0 heterocycles. The first-order chi connectivity index (χ1) is 9.96. The van der Waals surface area contributed by atoms with Crippen LogP contribution in [0.5, 0.6) is 5.75 Å². The first kappa shape index (κ1) is 15.3. The number of methoxy groups -OCH3 is 1. The van der Waals surface area contributed by atoms with Gasteiger partial charge in [0.25, 0.3) is 10.0 Å². The standard InChI is InChI=1S/C14H14FNO4S/c1-20-14-6-5-10(9-17)7-13(14)16-21(18,19)12-4-2-3-11(15)8-12/h2-8,16-17H,9H2,1H3. The summed E-state index contributed by atoms with van der Waals surface area (Å²) >= 11 is 0. The van der Waals surface area contributed by atoms with Crippen LogP contribution >= 0.6 is 0 Å². The molecule has 0 saturated heterocycles. The van der Waals surface area contributed by atoms with Crippen LogP contribution in [0.4, 0.5) is 10.1 Å². The number of benzene rings is 2. The Labute approximate surface area is 122 Å². The molecule has 5 nitrogen and oxygen atoms in total. The Balaban J connectivity index is 2.40. The van der Waals surface area contributed by atoms with Crippen molar-refractivity contribution in [1.82, 2.24) is 0 Å². The molecule has 0 bridgehead atoms. The van der Waals surface area contributed by atoms with E-state index in [-0.39, 0.29) is 17.2 Å². The van der Waals surface area contributed by atoms with E-state index in [1.54, 1.807) is 6.07 Å². The summed E-state index contributed by atoms with van der Waals surface area (Å²) in [5.41, 5.74) is 0.695. The van der Waals surface area contributed by atoms with Crippen LogP contribution in [-0.2, 0) is 16.6 Å². The van der Waals surface area contributed by atoms with Gasteiger partial charge in [0.05, 0.1) is 24.3 Å². The minimum absolute atomic E-state index is 0.174. The number of anilines is 1. The number of aliphatic hydroxyl groups is 1. The van der Waals surface area contributed by atoms with Gasteiger partial charge in [0.2, 0.25) is 0 Å². The smallest absolute Gasteiger partial charge is 0.262 e. The monoisotopic (exact) mass is 311 g/mol. The fourth-order valence-corrected chi connectivity index (χ4v) is 2.86. The molecule has 0 amide bonds. The maximum absolute atomic E-state index is 13.2. The van der Waals surface area contributed by atoms with Crippen LogP contribution in [-0.4, -0.2) is 20.6 Å². The number of rotatable bonds is 5. The normalized spacial score (nSPS) is 11.2. The van der Waals surface area contributed by atoms with Gasteiger partial charge < -0.3 is 9.84 Å². The van der Waals surface area contributed by atoms with Crippen molar-refractivity contribution in [3.05, 3.63) is 53.8 Å². The average Bonchev–Trinajstić information content (AvgIpc) is 2.46. The lowest BCUT2D eigenvalue weighted by atomic mass is 10.2. The maximum atomic E-state index is 13.2. The summed E-state index contributed by atoms with van der Waals surface area (Å²) in [6, 6.07) is 9.28. The third-order valence-electron chi connectivity index (χ3n) is 2.80. The highest BCUT2D eigenvalue weighted by molar-refractivity contribution is 7.92. The summed E-state index contributed by atoms with van der Waals surface area (Å²) in [7, 11) is -2.55. The first-order valence-corrected chi connectivity index (χ1v) is 7.51. The van der Waals surface area contributed by atoms with E-state index in [2.05, 4.69) is 4.72 Å². The summed E-state index contributed by atoms with van der Waals surface area (Å²) < 4.78 is 45.0. The van der Waals surface area contributed by atoms with E-state index in [9.17, 15) is 12.8 Å². The van der Waals surface area contributed by atoms with E-state index in [1.165, 1.54) is 31.4 Å². The van der Waals surface area contributed by atoms with Crippen molar-refractivity contribution in [3.63, 3.8) is 0 Å². The summed E-state index contributed by atoms with van der Waals surface area (Å²) in [4.78, 5) is -0.195. The Kier molecular flexibility index (Phi) is 4.44. The minimum Gasteiger partial charge on any atom is -0.495 e. The Morgan fingerprint density at radius 3 is 2.62 bits per heavy atom. The third kappa shape index (κ3) is 3.50. The Morgan fingerprint density at radius 1 is 1.24 bits per heavy atom. The zero-order valence-corrected chi connectivity index (χ0v) is 12.0. The predicted octanol–water partition coefficient (Wildman–Crippen LogP) is 2.13. The Bertz CT molecular complexity index is 746. The molecule has 0 radical (unpaired) electrons. The van der Waals surface area contributed by atoms with Crippen molar-refractivity contribution in [3.8, 4) is 5.75 Å². The van der Waals surface area contributed by atoms with E-state index in [0.29, 0.717) is 11.3 Å². The van der Waals surface area contributed by atoms with Crippen molar-refractivity contribution in [2.45, 2.75) is 11.5 Å². The largest absolute Gasteiger partial charge is 0.495 e. The van der Waals surface area contributed by atoms with Crippen LogP contribution in [0.25, 0.3) is 0 Å². The second-order valence-electron chi connectivity index (χ2n) is 4.26. The number of sulfonamides is 1. The topological polar surface area (TPSA) is 75.6 Å². The molecule has 0 aliphatic rings. The van der Waals surface area contributed by atoms with E-state index in [4.69, 9.17) is 9.84 Å². The highest BCUT2D eigenvalue weighted by Gasteiger charge is 2.17. The van der Waals surface area contributed by atoms with Crippen LogP contribution in [0.3, 0.4) is 0 Å². The molecule has 2 N–H and O–H groups in total. The molecule has 0 fully saturated rings. The lowest BCUT2D eigenvalue weighted by molar-refractivity contribution is 0.281. The predicted molar refractivity (Wildman–Crippen MR) is 76.1 cm³/mol. The van der Waals surface area contributed by atoms with Crippen LogP contribution in [0.2, 0.25) is 0 Å². The Hall–Kier alpha value is -2.12. The molecule has 0 aliphatic carbocycles. The Morgan fingerprint density at radius 2 is 2.00 bits per heavy atom. The molecule has 0 saturated carbocycles. The molecule has 112 valence electrons. The quantitative estimate of drug-likeness (QED) is 0.887. The van der Waals surface area contributed by atoms with Crippen molar-refractivity contribution in [1.29, 1.82) is 0 Å². The molecule has 0 spiro atoms. The minimum atomic E-state index is -3.95. The molecule has 2 aromatic carbocycles. The molecule has 0 unspecified atom stereocenters. The molecule has 0 atom stereocenters. The average molecular weight is 311 g/mol. The van der Waals surface area contributed by atoms with Gasteiger partial charge in [-0.25, -0.2) is 12.8 Å². The van der Waals surface area contributed by atoms with Crippen LogP contribution < -0.4 is 9.46 Å². The van der Waals surface area contributed by atoms with Gasteiger partial charge in [-0.15, -0.1) is 0 Å². The van der Waals surface area contributed by atoms with Crippen LogP contribution in [0.15, 0.2) is 47.4 Å². The van der Waals surface area contributed by atoms with Gasteiger partial charge in [0.1, 0.15) is 11.6 Å². The molecular weight excluding hydrogens is 297 g/mol. The highest BCUT2D eigenvalue weighted by atomic mass is 32.2. The van der Waals surface area contributed by atoms with Crippen molar-refractivity contribution in [2.75, 3.05) is 11.8 Å². The molecule has 2 rings (SSSR count). The summed E-state index contributed by atoms with van der Waals surface area (Å²) in [6.07, 6.45) is 0. The van der Waals surface area contributed by atoms with E-state index in [0.717, 1.165) is 12.1 Å². The zero-order chi connectivity index (χ0) is 15.5. The van der Waals surface area contributed by atoms with E-state index in [1.807, 2.05) is 0 Å². The third-order valence-corrected chi connectivity index (χ3v) is 4.16. The number of halogens is 1. The van der Waals surface area contributed by atoms with Gasteiger partial charge >= 0.3 is 0 Å². The lowest BCUT2D eigenvalue weighted by Crippen LogP contribution is -2.14. The van der Waals surface area contributed by atoms with Gasteiger partial charge in [-0.3, -0.25) is 4.72 Å². The second kappa shape index (κ2) is 6.11.